The van der Waals surface area contributed by atoms with Gasteiger partial charge in [-0.25, -0.2) is 9.97 Å². The normalized spacial score (nSPS) is 10.2. The first-order valence-corrected chi connectivity index (χ1v) is 6.38. The number of nitrogens with one attached hydrogen (secondary N) is 1. The van der Waals surface area contributed by atoms with Gasteiger partial charge >= 0.3 is 0 Å². The monoisotopic (exact) mass is 281 g/mol. The van der Waals surface area contributed by atoms with E-state index in [1.807, 2.05) is 36.4 Å². The van der Waals surface area contributed by atoms with Gasteiger partial charge < -0.3 is 5.32 Å². The van der Waals surface area contributed by atoms with Crippen LogP contribution in [0.1, 0.15) is 0 Å². The number of benzene rings is 1. The zero-order valence-electron chi connectivity index (χ0n) is 10.4. The zero-order valence-corrected chi connectivity index (χ0v) is 11.2. The van der Waals surface area contributed by atoms with Gasteiger partial charge in [0.15, 0.2) is 0 Å². The fraction of sp³-hybridized carbons (Fsp3) is 0. The predicted octanol–water partition coefficient (Wildman–Crippen LogP) is 3.74. The van der Waals surface area contributed by atoms with Crippen molar-refractivity contribution in [3.8, 4) is 11.3 Å². The molecule has 0 amide bonds. The molecule has 1 radical (unpaired) electrons. The van der Waals surface area contributed by atoms with Gasteiger partial charge in [-0.2, -0.15) is 0 Å². The van der Waals surface area contributed by atoms with Crippen LogP contribution in [-0.4, -0.2) is 15.0 Å². The van der Waals surface area contributed by atoms with Crippen LogP contribution in [-0.2, 0) is 0 Å². The van der Waals surface area contributed by atoms with E-state index >= 15 is 0 Å². The van der Waals surface area contributed by atoms with E-state index < -0.39 is 0 Å². The highest BCUT2D eigenvalue weighted by Crippen LogP contribution is 2.24. The molecule has 0 saturated heterocycles. The maximum atomic E-state index is 6.10. The molecule has 20 heavy (non-hydrogen) atoms. The summed E-state index contributed by atoms with van der Waals surface area (Å²) in [6, 6.07) is 12.9. The third-order valence-electron chi connectivity index (χ3n) is 2.69. The van der Waals surface area contributed by atoms with Gasteiger partial charge in [0.25, 0.3) is 0 Å². The van der Waals surface area contributed by atoms with Gasteiger partial charge in [-0.1, -0.05) is 23.7 Å². The van der Waals surface area contributed by atoms with Gasteiger partial charge in [0.05, 0.1) is 22.6 Å². The zero-order chi connectivity index (χ0) is 13.8. The van der Waals surface area contributed by atoms with Crippen molar-refractivity contribution < 1.29 is 0 Å². The van der Waals surface area contributed by atoms with E-state index in [4.69, 9.17) is 11.6 Å². The molecule has 3 rings (SSSR count). The predicted molar refractivity (Wildman–Crippen MR) is 78.8 cm³/mol. The van der Waals surface area contributed by atoms with Crippen molar-refractivity contribution in [3.05, 3.63) is 66.1 Å². The van der Waals surface area contributed by atoms with E-state index in [0.717, 1.165) is 16.9 Å². The molecule has 5 heteroatoms. The molecule has 0 spiro atoms. The topological polar surface area (TPSA) is 50.7 Å². The molecule has 2 aromatic heterocycles. The van der Waals surface area contributed by atoms with E-state index in [9.17, 15) is 0 Å². The Hall–Kier alpha value is -2.46. The largest absolute Gasteiger partial charge is 0.323 e. The first-order chi connectivity index (χ1) is 9.83. The van der Waals surface area contributed by atoms with Crippen molar-refractivity contribution in [1.29, 1.82) is 0 Å². The molecule has 1 aromatic carbocycles. The van der Waals surface area contributed by atoms with Crippen LogP contribution in [0, 0.1) is 6.20 Å². The Bertz CT molecular complexity index is 716. The summed E-state index contributed by atoms with van der Waals surface area (Å²) in [7, 11) is 0. The van der Waals surface area contributed by atoms with Gasteiger partial charge in [0.2, 0.25) is 5.95 Å². The Labute approximate surface area is 121 Å². The lowest BCUT2D eigenvalue weighted by Gasteiger charge is -2.07. The second-order valence-electron chi connectivity index (χ2n) is 4.04. The molecule has 0 unspecified atom stereocenters. The number of nitrogens with zero attached hydrogens (tertiary/aromatic N) is 3. The Balaban J connectivity index is 1.91. The molecule has 0 aliphatic rings. The van der Waals surface area contributed by atoms with Crippen molar-refractivity contribution in [1.82, 2.24) is 15.0 Å². The SMILES string of the molecule is Clc1ccccc1Nc1nccc(-c2c[c]ncc2)n1. The summed E-state index contributed by atoms with van der Waals surface area (Å²) in [6.45, 7) is 0. The minimum absolute atomic E-state index is 0.493. The van der Waals surface area contributed by atoms with Gasteiger partial charge in [-0.05, 0) is 30.3 Å². The third-order valence-corrected chi connectivity index (χ3v) is 3.02. The summed E-state index contributed by atoms with van der Waals surface area (Å²) in [5.41, 5.74) is 2.51. The van der Waals surface area contributed by atoms with Crippen LogP contribution in [0.2, 0.25) is 5.02 Å². The molecule has 3 aromatic rings. The highest BCUT2D eigenvalue weighted by Gasteiger charge is 2.04. The Morgan fingerprint density at radius 2 is 1.95 bits per heavy atom. The lowest BCUT2D eigenvalue weighted by Crippen LogP contribution is -1.98. The van der Waals surface area contributed by atoms with Crippen molar-refractivity contribution >= 4 is 23.2 Å². The smallest absolute Gasteiger partial charge is 0.227 e. The van der Waals surface area contributed by atoms with Crippen molar-refractivity contribution in [2.75, 3.05) is 5.32 Å². The standard InChI is InChI=1S/C15H10ClN4/c16-12-3-1-2-4-14(12)20-15-18-10-7-13(19-15)11-5-8-17-9-6-11/h1-8,10H,(H,18,19,20). The summed E-state index contributed by atoms with van der Waals surface area (Å²) in [5, 5.41) is 3.73. The number of anilines is 2. The first-order valence-electron chi connectivity index (χ1n) is 6.00. The van der Waals surface area contributed by atoms with Crippen LogP contribution in [0.3, 0.4) is 0 Å². The highest BCUT2D eigenvalue weighted by atomic mass is 35.5. The third kappa shape index (κ3) is 2.75. The molecule has 97 valence electrons. The summed E-state index contributed by atoms with van der Waals surface area (Å²) < 4.78 is 0. The van der Waals surface area contributed by atoms with Crippen LogP contribution >= 0.6 is 11.6 Å². The number of hydrogen-bond acceptors (Lipinski definition) is 4. The molecule has 1 N–H and O–H groups in total. The average Bonchev–Trinajstić information content (AvgIpc) is 2.51. The van der Waals surface area contributed by atoms with Crippen LogP contribution < -0.4 is 5.32 Å². The number of pyridine rings is 1. The lowest BCUT2D eigenvalue weighted by atomic mass is 10.2. The van der Waals surface area contributed by atoms with E-state index in [0.29, 0.717) is 11.0 Å². The van der Waals surface area contributed by atoms with Crippen LogP contribution in [0.25, 0.3) is 11.3 Å². The molecule has 0 atom stereocenters. The average molecular weight is 282 g/mol. The van der Waals surface area contributed by atoms with Gasteiger partial charge in [0.1, 0.15) is 0 Å². The molecule has 0 aliphatic heterocycles. The fourth-order valence-electron chi connectivity index (χ4n) is 1.74. The molecular formula is C15H10ClN4. The van der Waals surface area contributed by atoms with Crippen molar-refractivity contribution in [2.24, 2.45) is 0 Å². The molecule has 0 fully saturated rings. The quantitative estimate of drug-likeness (QED) is 0.795. The Kier molecular flexibility index (Phi) is 3.56. The second kappa shape index (κ2) is 5.67. The van der Waals surface area contributed by atoms with E-state index in [1.54, 1.807) is 18.5 Å². The number of para-hydroxylation sites is 1. The van der Waals surface area contributed by atoms with Crippen molar-refractivity contribution in [3.63, 3.8) is 0 Å². The summed E-state index contributed by atoms with van der Waals surface area (Å²) >= 11 is 6.10. The number of rotatable bonds is 3. The van der Waals surface area contributed by atoms with Crippen molar-refractivity contribution in [2.45, 2.75) is 0 Å². The van der Waals surface area contributed by atoms with Crippen LogP contribution in [0.15, 0.2) is 54.9 Å². The second-order valence-corrected chi connectivity index (χ2v) is 4.45. The molecule has 0 aliphatic carbocycles. The minimum atomic E-state index is 0.493. The molecule has 0 saturated carbocycles. The van der Waals surface area contributed by atoms with Crippen LogP contribution in [0.4, 0.5) is 11.6 Å². The number of aromatic nitrogens is 3. The number of hydrogen-bond donors (Lipinski definition) is 1. The first kappa shape index (κ1) is 12.6. The van der Waals surface area contributed by atoms with Gasteiger partial charge in [0, 0.05) is 18.0 Å². The maximum absolute atomic E-state index is 6.10. The molecule has 0 bridgehead atoms. The maximum Gasteiger partial charge on any atom is 0.227 e. The van der Waals surface area contributed by atoms with E-state index in [1.165, 1.54) is 0 Å². The summed E-state index contributed by atoms with van der Waals surface area (Å²) in [4.78, 5) is 12.5. The summed E-state index contributed by atoms with van der Waals surface area (Å²) in [6.07, 6.45) is 6.16. The van der Waals surface area contributed by atoms with E-state index in [2.05, 4.69) is 26.5 Å². The molecular weight excluding hydrogens is 272 g/mol. The Morgan fingerprint density at radius 1 is 1.05 bits per heavy atom. The van der Waals surface area contributed by atoms with E-state index in [-0.39, 0.29) is 0 Å². The fourth-order valence-corrected chi connectivity index (χ4v) is 1.92. The van der Waals surface area contributed by atoms with Crippen LogP contribution in [0.5, 0.6) is 0 Å². The lowest BCUT2D eigenvalue weighted by molar-refractivity contribution is 1.17. The summed E-state index contributed by atoms with van der Waals surface area (Å²) in [5.74, 6) is 0.493. The van der Waals surface area contributed by atoms with Gasteiger partial charge in [-0.15, -0.1) is 0 Å². The highest BCUT2D eigenvalue weighted by molar-refractivity contribution is 6.33. The molecule has 4 nitrogen and oxygen atoms in total. The molecule has 2 heterocycles. The van der Waals surface area contributed by atoms with Gasteiger partial charge in [-0.3, -0.25) is 4.98 Å². The number of halogens is 1. The minimum Gasteiger partial charge on any atom is -0.323 e. The Morgan fingerprint density at radius 3 is 2.75 bits per heavy atom.